The maximum Gasteiger partial charge on any atom is 0.276 e. The summed E-state index contributed by atoms with van der Waals surface area (Å²) in [5.41, 5.74) is -0.397. The van der Waals surface area contributed by atoms with Gasteiger partial charge in [-0.3, -0.25) is 0 Å². The van der Waals surface area contributed by atoms with Crippen LogP contribution in [0.1, 0.15) is 25.8 Å². The first-order valence-corrected chi connectivity index (χ1v) is 5.99. The first-order valence-electron chi connectivity index (χ1n) is 5.99. The molecule has 0 saturated carbocycles. The Morgan fingerprint density at radius 3 is 2.33 bits per heavy atom. The molecule has 0 aromatic heterocycles. The third-order valence-electron chi connectivity index (χ3n) is 3.12. The highest BCUT2D eigenvalue weighted by Gasteiger charge is 2.46. The Hall–Kier alpha value is -1.00. The van der Waals surface area contributed by atoms with E-state index in [9.17, 15) is 8.78 Å². The molecular weight excluding hydrogens is 238 g/mol. The monoisotopic (exact) mass is 258 g/mol. The van der Waals surface area contributed by atoms with Crippen LogP contribution in [-0.2, 0) is 11.3 Å². The fourth-order valence-corrected chi connectivity index (χ4v) is 1.53. The van der Waals surface area contributed by atoms with E-state index >= 15 is 0 Å². The summed E-state index contributed by atoms with van der Waals surface area (Å²) >= 11 is 0. The Kier molecular flexibility index (Phi) is 5.23. The highest BCUT2D eigenvalue weighted by Crippen LogP contribution is 2.39. The smallest absolute Gasteiger partial charge is 0.276 e. The maximum atomic E-state index is 13.9. The molecule has 0 aliphatic heterocycles. The van der Waals surface area contributed by atoms with Gasteiger partial charge >= 0.3 is 0 Å². The second-order valence-corrected chi connectivity index (χ2v) is 5.04. The van der Waals surface area contributed by atoms with Crippen LogP contribution in [0.5, 0.6) is 0 Å². The number of halogens is 2. The average molecular weight is 258 g/mol. The SMILES string of the molecule is CC(C)(CCO)C(F)(F)COCc1ccccc1. The molecule has 1 aromatic carbocycles. The minimum Gasteiger partial charge on any atom is -0.396 e. The van der Waals surface area contributed by atoms with Crippen LogP contribution < -0.4 is 0 Å². The summed E-state index contributed by atoms with van der Waals surface area (Å²) in [7, 11) is 0. The molecule has 1 N–H and O–H groups in total. The summed E-state index contributed by atoms with van der Waals surface area (Å²) in [6, 6.07) is 9.20. The van der Waals surface area contributed by atoms with E-state index in [2.05, 4.69) is 0 Å². The summed E-state index contributed by atoms with van der Waals surface area (Å²) in [5.74, 6) is -2.95. The largest absolute Gasteiger partial charge is 0.396 e. The Morgan fingerprint density at radius 1 is 1.17 bits per heavy atom. The Morgan fingerprint density at radius 2 is 1.78 bits per heavy atom. The summed E-state index contributed by atoms with van der Waals surface area (Å²) in [4.78, 5) is 0. The topological polar surface area (TPSA) is 29.5 Å². The number of ether oxygens (including phenoxy) is 1. The van der Waals surface area contributed by atoms with E-state index in [-0.39, 0.29) is 19.6 Å². The zero-order chi connectivity index (χ0) is 13.6. The van der Waals surface area contributed by atoms with Gasteiger partial charge in [0.2, 0.25) is 0 Å². The first kappa shape index (κ1) is 15.1. The molecule has 0 unspecified atom stereocenters. The Bertz CT molecular complexity index is 350. The van der Waals surface area contributed by atoms with Crippen molar-refractivity contribution < 1.29 is 18.6 Å². The zero-order valence-corrected chi connectivity index (χ0v) is 10.8. The van der Waals surface area contributed by atoms with E-state index in [1.807, 2.05) is 30.3 Å². The van der Waals surface area contributed by atoms with E-state index in [1.54, 1.807) is 0 Å². The Balaban J connectivity index is 2.47. The molecule has 1 rings (SSSR count). The van der Waals surface area contributed by atoms with E-state index in [1.165, 1.54) is 13.8 Å². The number of benzene rings is 1. The minimum absolute atomic E-state index is 0.0503. The molecule has 0 fully saturated rings. The predicted molar refractivity (Wildman–Crippen MR) is 66.5 cm³/mol. The standard InChI is InChI=1S/C14H20F2O2/c1-13(2,8-9-17)14(15,16)11-18-10-12-6-4-3-5-7-12/h3-7,17H,8-11H2,1-2H3. The summed E-state index contributed by atoms with van der Waals surface area (Å²) in [5, 5.41) is 8.79. The number of aliphatic hydroxyl groups is 1. The van der Waals surface area contributed by atoms with Gasteiger partial charge in [0.1, 0.15) is 6.61 Å². The molecule has 2 nitrogen and oxygen atoms in total. The van der Waals surface area contributed by atoms with Crippen LogP contribution in [0.25, 0.3) is 0 Å². The Labute approximate surface area is 107 Å². The molecule has 0 heterocycles. The third kappa shape index (κ3) is 4.03. The van der Waals surface area contributed by atoms with Crippen molar-refractivity contribution in [1.82, 2.24) is 0 Å². The molecule has 0 bridgehead atoms. The van der Waals surface area contributed by atoms with Gasteiger partial charge in [-0.25, -0.2) is 8.78 Å². The second-order valence-electron chi connectivity index (χ2n) is 5.04. The lowest BCUT2D eigenvalue weighted by atomic mass is 9.83. The third-order valence-corrected chi connectivity index (χ3v) is 3.12. The predicted octanol–water partition coefficient (Wildman–Crippen LogP) is 3.25. The van der Waals surface area contributed by atoms with Crippen LogP contribution in [0.3, 0.4) is 0 Å². The van der Waals surface area contributed by atoms with Crippen molar-refractivity contribution >= 4 is 0 Å². The van der Waals surface area contributed by atoms with Gasteiger partial charge in [-0.1, -0.05) is 44.2 Å². The van der Waals surface area contributed by atoms with Crippen molar-refractivity contribution in [1.29, 1.82) is 0 Å². The van der Waals surface area contributed by atoms with Crippen LogP contribution >= 0.6 is 0 Å². The van der Waals surface area contributed by atoms with Gasteiger partial charge in [0.25, 0.3) is 5.92 Å². The quantitative estimate of drug-likeness (QED) is 0.813. The van der Waals surface area contributed by atoms with E-state index < -0.39 is 17.9 Å². The van der Waals surface area contributed by atoms with Gasteiger partial charge in [-0.05, 0) is 12.0 Å². The van der Waals surface area contributed by atoms with Crippen molar-refractivity contribution in [2.24, 2.45) is 5.41 Å². The fourth-order valence-electron chi connectivity index (χ4n) is 1.53. The normalized spacial score (nSPS) is 12.7. The van der Waals surface area contributed by atoms with Gasteiger partial charge < -0.3 is 9.84 Å². The van der Waals surface area contributed by atoms with Gasteiger partial charge in [0.15, 0.2) is 0 Å². The van der Waals surface area contributed by atoms with Gasteiger partial charge in [0, 0.05) is 12.0 Å². The molecular formula is C14H20F2O2. The van der Waals surface area contributed by atoms with E-state index in [4.69, 9.17) is 9.84 Å². The van der Waals surface area contributed by atoms with Crippen LogP contribution in [0.4, 0.5) is 8.78 Å². The molecule has 102 valence electrons. The van der Waals surface area contributed by atoms with Crippen LogP contribution in [-0.4, -0.2) is 24.2 Å². The highest BCUT2D eigenvalue weighted by atomic mass is 19.3. The molecule has 0 atom stereocenters. The summed E-state index contributed by atoms with van der Waals surface area (Å²) in [6.07, 6.45) is 0.0503. The number of rotatable bonds is 7. The number of hydrogen-bond acceptors (Lipinski definition) is 2. The van der Waals surface area contributed by atoms with Crippen molar-refractivity contribution in [3.63, 3.8) is 0 Å². The lowest BCUT2D eigenvalue weighted by Crippen LogP contribution is -2.41. The van der Waals surface area contributed by atoms with Gasteiger partial charge in [0.05, 0.1) is 6.61 Å². The van der Waals surface area contributed by atoms with Crippen molar-refractivity contribution in [2.45, 2.75) is 32.8 Å². The number of hydrogen-bond donors (Lipinski definition) is 1. The van der Waals surface area contributed by atoms with Crippen molar-refractivity contribution in [3.05, 3.63) is 35.9 Å². The first-order chi connectivity index (χ1) is 8.39. The molecule has 18 heavy (non-hydrogen) atoms. The van der Waals surface area contributed by atoms with Crippen molar-refractivity contribution in [3.8, 4) is 0 Å². The van der Waals surface area contributed by atoms with E-state index in [0.717, 1.165) is 5.56 Å². The lowest BCUT2D eigenvalue weighted by molar-refractivity contribution is -0.160. The summed E-state index contributed by atoms with van der Waals surface area (Å²) in [6.45, 7) is 2.17. The molecule has 0 aliphatic carbocycles. The molecule has 0 spiro atoms. The number of alkyl halides is 2. The molecule has 1 aromatic rings. The van der Waals surface area contributed by atoms with Gasteiger partial charge in [-0.15, -0.1) is 0 Å². The fraction of sp³-hybridized carbons (Fsp3) is 0.571. The summed E-state index contributed by atoms with van der Waals surface area (Å²) < 4.78 is 32.8. The molecule has 0 radical (unpaired) electrons. The molecule has 0 amide bonds. The van der Waals surface area contributed by atoms with Crippen LogP contribution in [0.15, 0.2) is 30.3 Å². The lowest BCUT2D eigenvalue weighted by Gasteiger charge is -2.33. The zero-order valence-electron chi connectivity index (χ0n) is 10.8. The van der Waals surface area contributed by atoms with Gasteiger partial charge in [-0.2, -0.15) is 0 Å². The highest BCUT2D eigenvalue weighted by molar-refractivity contribution is 5.13. The van der Waals surface area contributed by atoms with E-state index in [0.29, 0.717) is 0 Å². The molecule has 4 heteroatoms. The minimum atomic E-state index is -2.95. The van der Waals surface area contributed by atoms with Crippen LogP contribution in [0.2, 0.25) is 0 Å². The maximum absolute atomic E-state index is 13.9. The van der Waals surface area contributed by atoms with Crippen LogP contribution in [0, 0.1) is 5.41 Å². The molecule has 0 saturated heterocycles. The second kappa shape index (κ2) is 6.25. The number of aliphatic hydroxyl groups excluding tert-OH is 1. The van der Waals surface area contributed by atoms with Crippen molar-refractivity contribution in [2.75, 3.05) is 13.2 Å². The molecule has 0 aliphatic rings. The average Bonchev–Trinajstić information content (AvgIpc) is 2.30.